The number of nitrogens with one attached hydrogen (secondary N) is 2. The van der Waals surface area contributed by atoms with Crippen molar-refractivity contribution in [2.24, 2.45) is 0 Å². The molecule has 0 amide bonds. The first-order valence-electron chi connectivity index (χ1n) is 9.52. The minimum absolute atomic E-state index is 0.831. The number of hydrogen-bond donors (Lipinski definition) is 2. The first-order valence-corrected chi connectivity index (χ1v) is 9.52. The Labute approximate surface area is 167 Å². The van der Waals surface area contributed by atoms with Crippen LogP contribution in [0.4, 0.5) is 0 Å². The summed E-state index contributed by atoms with van der Waals surface area (Å²) >= 11 is 0. The van der Waals surface area contributed by atoms with Gasteiger partial charge in [0.25, 0.3) is 0 Å². The summed E-state index contributed by atoms with van der Waals surface area (Å²) in [7, 11) is 3.37. The van der Waals surface area contributed by atoms with E-state index in [1.165, 1.54) is 22.3 Å². The Hall–Kier alpha value is -2.82. The first kappa shape index (κ1) is 19.9. The van der Waals surface area contributed by atoms with Crippen LogP contribution in [0.3, 0.4) is 0 Å². The minimum Gasteiger partial charge on any atom is -0.497 e. The van der Waals surface area contributed by atoms with Crippen LogP contribution in [-0.4, -0.2) is 14.2 Å². The second-order valence-electron chi connectivity index (χ2n) is 6.67. The van der Waals surface area contributed by atoms with Gasteiger partial charge in [-0.1, -0.05) is 48.5 Å². The van der Waals surface area contributed by atoms with Crippen molar-refractivity contribution in [2.45, 2.75) is 26.2 Å². The van der Waals surface area contributed by atoms with E-state index in [9.17, 15) is 0 Å². The molecule has 0 radical (unpaired) electrons. The van der Waals surface area contributed by atoms with Crippen LogP contribution in [0.5, 0.6) is 11.5 Å². The van der Waals surface area contributed by atoms with Crippen molar-refractivity contribution in [2.75, 3.05) is 14.2 Å². The van der Waals surface area contributed by atoms with Gasteiger partial charge in [0.1, 0.15) is 11.5 Å². The molecule has 0 fully saturated rings. The monoisotopic (exact) mass is 376 g/mol. The standard InChI is InChI=1S/C24H28N2O2/c1-27-23-11-7-19(8-12-23)15-25-17-21-5-3-4-6-22(21)18-26-16-20-9-13-24(28-2)14-10-20/h3-14,25-26H,15-18H2,1-2H3. The third kappa shape index (κ3) is 5.84. The van der Waals surface area contributed by atoms with Gasteiger partial charge in [0.05, 0.1) is 14.2 Å². The van der Waals surface area contributed by atoms with Crippen LogP contribution in [0.2, 0.25) is 0 Å². The third-order valence-corrected chi connectivity index (χ3v) is 4.73. The molecule has 4 heteroatoms. The fourth-order valence-electron chi connectivity index (χ4n) is 3.07. The van der Waals surface area contributed by atoms with E-state index in [0.717, 1.165) is 37.7 Å². The van der Waals surface area contributed by atoms with Crippen molar-refractivity contribution in [3.05, 3.63) is 95.1 Å². The van der Waals surface area contributed by atoms with E-state index in [4.69, 9.17) is 9.47 Å². The lowest BCUT2D eigenvalue weighted by atomic mass is 10.1. The molecular formula is C24H28N2O2. The van der Waals surface area contributed by atoms with E-state index >= 15 is 0 Å². The molecule has 0 aliphatic carbocycles. The quantitative estimate of drug-likeness (QED) is 0.554. The molecule has 3 rings (SSSR count). The van der Waals surface area contributed by atoms with Crippen molar-refractivity contribution in [3.8, 4) is 11.5 Å². The largest absolute Gasteiger partial charge is 0.497 e. The van der Waals surface area contributed by atoms with E-state index in [1.54, 1.807) is 14.2 Å². The Balaban J connectivity index is 1.49. The van der Waals surface area contributed by atoms with E-state index in [2.05, 4.69) is 59.2 Å². The van der Waals surface area contributed by atoms with Gasteiger partial charge in [0.2, 0.25) is 0 Å². The van der Waals surface area contributed by atoms with Gasteiger partial charge in [0.15, 0.2) is 0 Å². The SMILES string of the molecule is COc1ccc(CNCc2ccccc2CNCc2ccc(OC)cc2)cc1. The molecular weight excluding hydrogens is 348 g/mol. The van der Waals surface area contributed by atoms with Crippen LogP contribution in [0.25, 0.3) is 0 Å². The third-order valence-electron chi connectivity index (χ3n) is 4.73. The highest BCUT2D eigenvalue weighted by molar-refractivity contribution is 5.29. The van der Waals surface area contributed by atoms with Crippen LogP contribution >= 0.6 is 0 Å². The van der Waals surface area contributed by atoms with Crippen molar-refractivity contribution < 1.29 is 9.47 Å². The second kappa shape index (κ2) is 10.5. The van der Waals surface area contributed by atoms with Crippen molar-refractivity contribution in [1.29, 1.82) is 0 Å². The van der Waals surface area contributed by atoms with Gasteiger partial charge in [0, 0.05) is 26.2 Å². The molecule has 0 atom stereocenters. The maximum absolute atomic E-state index is 5.21. The molecule has 2 N–H and O–H groups in total. The highest BCUT2D eigenvalue weighted by atomic mass is 16.5. The van der Waals surface area contributed by atoms with Crippen molar-refractivity contribution in [3.63, 3.8) is 0 Å². The summed E-state index contributed by atoms with van der Waals surface area (Å²) in [5.74, 6) is 1.77. The zero-order valence-corrected chi connectivity index (χ0v) is 16.6. The van der Waals surface area contributed by atoms with Crippen LogP contribution in [0.15, 0.2) is 72.8 Å². The summed E-state index contributed by atoms with van der Waals surface area (Å²) in [5, 5.41) is 7.07. The average Bonchev–Trinajstić information content (AvgIpc) is 2.76. The normalized spacial score (nSPS) is 10.6. The predicted octanol–water partition coefficient (Wildman–Crippen LogP) is 4.28. The summed E-state index contributed by atoms with van der Waals surface area (Å²) in [6.45, 7) is 3.34. The smallest absolute Gasteiger partial charge is 0.118 e. The van der Waals surface area contributed by atoms with E-state index < -0.39 is 0 Å². The summed E-state index contributed by atoms with van der Waals surface area (Å²) in [6.07, 6.45) is 0. The fraction of sp³-hybridized carbons (Fsp3) is 0.250. The van der Waals surface area contributed by atoms with Crippen LogP contribution in [0, 0.1) is 0 Å². The molecule has 0 saturated carbocycles. The van der Waals surface area contributed by atoms with Gasteiger partial charge in [-0.15, -0.1) is 0 Å². The second-order valence-corrected chi connectivity index (χ2v) is 6.67. The Morgan fingerprint density at radius 3 is 1.29 bits per heavy atom. The van der Waals surface area contributed by atoms with Crippen molar-refractivity contribution >= 4 is 0 Å². The lowest BCUT2D eigenvalue weighted by Crippen LogP contribution is -2.17. The number of methoxy groups -OCH3 is 2. The summed E-state index contributed by atoms with van der Waals surface area (Å²) in [6, 6.07) is 24.9. The van der Waals surface area contributed by atoms with Gasteiger partial charge in [-0.05, 0) is 46.5 Å². The number of rotatable bonds is 10. The Kier molecular flexibility index (Phi) is 7.47. The molecule has 28 heavy (non-hydrogen) atoms. The Morgan fingerprint density at radius 1 is 0.536 bits per heavy atom. The highest BCUT2D eigenvalue weighted by Gasteiger charge is 2.03. The molecule has 0 heterocycles. The molecule has 0 spiro atoms. The van der Waals surface area contributed by atoms with Gasteiger partial charge >= 0.3 is 0 Å². The Morgan fingerprint density at radius 2 is 0.929 bits per heavy atom. The molecule has 0 aliphatic rings. The number of hydrogen-bond acceptors (Lipinski definition) is 4. The van der Waals surface area contributed by atoms with Gasteiger partial charge < -0.3 is 20.1 Å². The lowest BCUT2D eigenvalue weighted by Gasteiger charge is -2.12. The van der Waals surface area contributed by atoms with Gasteiger partial charge in [-0.25, -0.2) is 0 Å². The first-order chi connectivity index (χ1) is 13.8. The topological polar surface area (TPSA) is 42.5 Å². The molecule has 0 saturated heterocycles. The molecule has 3 aromatic carbocycles. The summed E-state index contributed by atoms with van der Waals surface area (Å²) in [4.78, 5) is 0. The lowest BCUT2D eigenvalue weighted by molar-refractivity contribution is 0.414. The average molecular weight is 377 g/mol. The Bertz CT molecular complexity index is 773. The van der Waals surface area contributed by atoms with E-state index in [1.807, 2.05) is 24.3 Å². The summed E-state index contributed by atoms with van der Waals surface area (Å²) in [5.41, 5.74) is 5.13. The fourth-order valence-corrected chi connectivity index (χ4v) is 3.07. The van der Waals surface area contributed by atoms with Gasteiger partial charge in [-0.2, -0.15) is 0 Å². The highest BCUT2D eigenvalue weighted by Crippen LogP contribution is 2.13. The maximum Gasteiger partial charge on any atom is 0.118 e. The predicted molar refractivity (Wildman–Crippen MR) is 114 cm³/mol. The van der Waals surface area contributed by atoms with Crippen LogP contribution in [0.1, 0.15) is 22.3 Å². The van der Waals surface area contributed by atoms with Crippen LogP contribution < -0.4 is 20.1 Å². The molecule has 0 aliphatic heterocycles. The van der Waals surface area contributed by atoms with Crippen molar-refractivity contribution in [1.82, 2.24) is 10.6 Å². The summed E-state index contributed by atoms with van der Waals surface area (Å²) < 4.78 is 10.4. The van der Waals surface area contributed by atoms with Crippen LogP contribution in [-0.2, 0) is 26.2 Å². The molecule has 0 bridgehead atoms. The number of benzene rings is 3. The minimum atomic E-state index is 0.831. The molecule has 146 valence electrons. The zero-order valence-electron chi connectivity index (χ0n) is 16.6. The van der Waals surface area contributed by atoms with E-state index in [0.29, 0.717) is 0 Å². The molecule has 4 nitrogen and oxygen atoms in total. The van der Waals surface area contributed by atoms with E-state index in [-0.39, 0.29) is 0 Å². The molecule has 0 unspecified atom stereocenters. The molecule has 3 aromatic rings. The molecule has 0 aromatic heterocycles. The zero-order chi connectivity index (χ0) is 19.6. The number of ether oxygens (including phenoxy) is 2. The maximum atomic E-state index is 5.21. The van der Waals surface area contributed by atoms with Gasteiger partial charge in [-0.3, -0.25) is 0 Å².